The van der Waals surface area contributed by atoms with Crippen molar-refractivity contribution >= 4 is 23.0 Å². The number of nitrogens with zero attached hydrogens (tertiary/aromatic N) is 2. The number of hydrogen-bond acceptors (Lipinski definition) is 4. The van der Waals surface area contributed by atoms with Crippen LogP contribution < -0.4 is 10.6 Å². The Morgan fingerprint density at radius 3 is 1.92 bits per heavy atom. The summed E-state index contributed by atoms with van der Waals surface area (Å²) in [5.74, 6) is 1.27. The van der Waals surface area contributed by atoms with Gasteiger partial charge >= 0.3 is 0 Å². The average molecular weight is 328 g/mol. The molecule has 124 valence electrons. The van der Waals surface area contributed by atoms with Gasteiger partial charge in [-0.1, -0.05) is 36.4 Å². The van der Waals surface area contributed by atoms with E-state index in [1.807, 2.05) is 75.4 Å². The molecule has 25 heavy (non-hydrogen) atoms. The topological polar surface area (TPSA) is 60.7 Å². The Hall–Kier alpha value is -3.32. The Morgan fingerprint density at radius 2 is 1.36 bits per heavy atom. The van der Waals surface area contributed by atoms with Crippen LogP contribution in [0.25, 0.3) is 0 Å². The minimum absolute atomic E-state index is 0.554. The van der Waals surface area contributed by atoms with Crippen molar-refractivity contribution in [1.29, 1.82) is 5.26 Å². The molecule has 0 aliphatic rings. The fourth-order valence-corrected chi connectivity index (χ4v) is 2.66. The minimum atomic E-state index is 0.554. The summed E-state index contributed by atoms with van der Waals surface area (Å²) in [6, 6.07) is 20.2. The molecule has 0 unspecified atom stereocenters. The van der Waals surface area contributed by atoms with Gasteiger partial charge in [0.05, 0.1) is 5.56 Å². The Balaban J connectivity index is 2.00. The summed E-state index contributed by atoms with van der Waals surface area (Å²) in [7, 11) is 0. The third kappa shape index (κ3) is 3.61. The lowest BCUT2D eigenvalue weighted by Crippen LogP contribution is -2.04. The molecule has 0 saturated carbocycles. The number of nitriles is 1. The number of aromatic nitrogens is 1. The molecule has 1 aromatic heterocycles. The molecule has 3 rings (SSSR count). The molecule has 0 atom stereocenters. The fraction of sp³-hybridized carbons (Fsp3) is 0.143. The van der Waals surface area contributed by atoms with E-state index in [0.29, 0.717) is 17.2 Å². The highest BCUT2D eigenvalue weighted by Gasteiger charge is 2.12. The van der Waals surface area contributed by atoms with E-state index in [4.69, 9.17) is 0 Å². The largest absolute Gasteiger partial charge is 0.340 e. The van der Waals surface area contributed by atoms with Gasteiger partial charge in [-0.25, -0.2) is 4.98 Å². The maximum Gasteiger partial charge on any atom is 0.151 e. The number of benzene rings is 2. The second-order valence-corrected chi connectivity index (χ2v) is 6.04. The van der Waals surface area contributed by atoms with Crippen LogP contribution in [0, 0.1) is 32.1 Å². The molecule has 1 heterocycles. The molecule has 0 saturated heterocycles. The van der Waals surface area contributed by atoms with Crippen LogP contribution in [-0.2, 0) is 0 Å². The van der Waals surface area contributed by atoms with E-state index in [9.17, 15) is 5.26 Å². The second-order valence-electron chi connectivity index (χ2n) is 6.04. The minimum Gasteiger partial charge on any atom is -0.340 e. The summed E-state index contributed by atoms with van der Waals surface area (Å²) in [6.45, 7) is 5.99. The van der Waals surface area contributed by atoms with Gasteiger partial charge in [-0.05, 0) is 55.7 Å². The van der Waals surface area contributed by atoms with E-state index < -0.39 is 0 Å². The van der Waals surface area contributed by atoms with E-state index in [1.165, 1.54) is 0 Å². The highest BCUT2D eigenvalue weighted by atomic mass is 15.1. The van der Waals surface area contributed by atoms with Gasteiger partial charge in [0, 0.05) is 11.4 Å². The molecule has 4 nitrogen and oxygen atoms in total. The number of rotatable bonds is 4. The smallest absolute Gasteiger partial charge is 0.151 e. The number of para-hydroxylation sites is 2. The van der Waals surface area contributed by atoms with Crippen molar-refractivity contribution in [2.75, 3.05) is 10.6 Å². The molecule has 0 fully saturated rings. The number of nitrogens with one attached hydrogen (secondary N) is 2. The predicted octanol–water partition coefficient (Wildman–Crippen LogP) is 5.37. The first-order valence-corrected chi connectivity index (χ1v) is 8.15. The number of aryl methyl sites for hydroxylation is 3. The Labute approximate surface area is 148 Å². The highest BCUT2D eigenvalue weighted by Crippen LogP contribution is 2.27. The van der Waals surface area contributed by atoms with Gasteiger partial charge < -0.3 is 10.6 Å². The summed E-state index contributed by atoms with van der Waals surface area (Å²) in [5.41, 5.74) is 5.62. The van der Waals surface area contributed by atoms with Gasteiger partial charge in [0.25, 0.3) is 0 Å². The zero-order chi connectivity index (χ0) is 17.8. The first-order valence-electron chi connectivity index (χ1n) is 8.15. The molecule has 0 aliphatic carbocycles. The van der Waals surface area contributed by atoms with Crippen LogP contribution in [0.4, 0.5) is 23.0 Å². The summed E-state index contributed by atoms with van der Waals surface area (Å²) in [5, 5.41) is 16.2. The van der Waals surface area contributed by atoms with Gasteiger partial charge in [-0.15, -0.1) is 0 Å². The standard InChI is InChI=1S/C21H20N4/c1-14-8-4-6-10-18(14)23-20-12-16(3)17(13-22)21(25-20)24-19-11-7-5-9-15(19)2/h4-12H,1-3H3,(H2,23,24,25). The van der Waals surface area contributed by atoms with E-state index in [1.54, 1.807) is 0 Å². The zero-order valence-electron chi connectivity index (χ0n) is 14.6. The lowest BCUT2D eigenvalue weighted by Gasteiger charge is -2.15. The van der Waals surface area contributed by atoms with Crippen LogP contribution in [0.2, 0.25) is 0 Å². The SMILES string of the molecule is Cc1ccccc1Nc1cc(C)c(C#N)c(Nc2ccccc2C)n1. The highest BCUT2D eigenvalue weighted by molar-refractivity contribution is 5.71. The van der Waals surface area contributed by atoms with Crippen molar-refractivity contribution in [3.8, 4) is 6.07 Å². The van der Waals surface area contributed by atoms with Crippen molar-refractivity contribution in [2.45, 2.75) is 20.8 Å². The van der Waals surface area contributed by atoms with E-state index in [0.717, 1.165) is 28.1 Å². The summed E-state index contributed by atoms with van der Waals surface area (Å²) >= 11 is 0. The van der Waals surface area contributed by atoms with E-state index in [2.05, 4.69) is 21.7 Å². The van der Waals surface area contributed by atoms with Crippen LogP contribution in [-0.4, -0.2) is 4.98 Å². The first-order chi connectivity index (χ1) is 12.1. The molecule has 0 aliphatic heterocycles. The van der Waals surface area contributed by atoms with Gasteiger partial charge in [0.1, 0.15) is 11.9 Å². The van der Waals surface area contributed by atoms with Crippen LogP contribution in [0.3, 0.4) is 0 Å². The fourth-order valence-electron chi connectivity index (χ4n) is 2.66. The number of anilines is 4. The lowest BCUT2D eigenvalue weighted by atomic mass is 10.1. The summed E-state index contributed by atoms with van der Waals surface area (Å²) in [4.78, 5) is 4.63. The molecule has 4 heteroatoms. The normalized spacial score (nSPS) is 10.2. The molecule has 0 amide bonds. The van der Waals surface area contributed by atoms with Crippen molar-refractivity contribution < 1.29 is 0 Å². The maximum atomic E-state index is 9.52. The predicted molar refractivity (Wildman–Crippen MR) is 103 cm³/mol. The molecular formula is C21H20N4. The third-order valence-electron chi connectivity index (χ3n) is 4.13. The lowest BCUT2D eigenvalue weighted by molar-refractivity contribution is 1.23. The average Bonchev–Trinajstić information content (AvgIpc) is 2.59. The van der Waals surface area contributed by atoms with Gasteiger partial charge in [0.2, 0.25) is 0 Å². The Kier molecular flexibility index (Phi) is 4.67. The summed E-state index contributed by atoms with van der Waals surface area (Å²) in [6.07, 6.45) is 0. The van der Waals surface area contributed by atoms with Crippen molar-refractivity contribution in [2.24, 2.45) is 0 Å². The van der Waals surface area contributed by atoms with Crippen LogP contribution in [0.1, 0.15) is 22.3 Å². The monoisotopic (exact) mass is 328 g/mol. The van der Waals surface area contributed by atoms with Crippen molar-refractivity contribution in [3.63, 3.8) is 0 Å². The van der Waals surface area contributed by atoms with E-state index in [-0.39, 0.29) is 0 Å². The second kappa shape index (κ2) is 7.06. The molecular weight excluding hydrogens is 308 g/mol. The zero-order valence-corrected chi connectivity index (χ0v) is 14.6. The Morgan fingerprint density at radius 1 is 0.800 bits per heavy atom. The van der Waals surface area contributed by atoms with Crippen molar-refractivity contribution in [3.05, 3.63) is 76.9 Å². The summed E-state index contributed by atoms with van der Waals surface area (Å²) < 4.78 is 0. The quantitative estimate of drug-likeness (QED) is 0.676. The third-order valence-corrected chi connectivity index (χ3v) is 4.13. The molecule has 0 bridgehead atoms. The van der Waals surface area contributed by atoms with Gasteiger partial charge in [0.15, 0.2) is 5.82 Å². The molecule has 0 radical (unpaired) electrons. The molecule has 0 spiro atoms. The molecule has 3 aromatic rings. The van der Waals surface area contributed by atoms with Crippen molar-refractivity contribution in [1.82, 2.24) is 4.98 Å². The van der Waals surface area contributed by atoms with Crippen LogP contribution in [0.15, 0.2) is 54.6 Å². The van der Waals surface area contributed by atoms with Gasteiger partial charge in [-0.3, -0.25) is 0 Å². The van der Waals surface area contributed by atoms with Crippen LogP contribution >= 0.6 is 0 Å². The molecule has 2 N–H and O–H groups in total. The van der Waals surface area contributed by atoms with Crippen LogP contribution in [0.5, 0.6) is 0 Å². The first kappa shape index (κ1) is 16.5. The maximum absolute atomic E-state index is 9.52. The van der Waals surface area contributed by atoms with Gasteiger partial charge in [-0.2, -0.15) is 5.26 Å². The van der Waals surface area contributed by atoms with E-state index >= 15 is 0 Å². The number of hydrogen-bond donors (Lipinski definition) is 2. The molecule has 2 aromatic carbocycles. The number of pyridine rings is 1. The Bertz CT molecular complexity index is 954.